The van der Waals surface area contributed by atoms with Crippen LogP contribution in [0.5, 0.6) is 0 Å². The third-order valence-corrected chi connectivity index (χ3v) is 4.83. The molecule has 1 aromatic heterocycles. The number of nitrogens with zero attached hydrogens (tertiary/aromatic N) is 2. The lowest BCUT2D eigenvalue weighted by Crippen LogP contribution is -2.47. The second-order valence-electron chi connectivity index (χ2n) is 5.83. The SMILES string of the molecule is CC[C@@H]1CN(C(=O)c2cc(Cl)c[nH]2)C[C@H]1N1CCOCC1. The van der Waals surface area contributed by atoms with Gasteiger partial charge in [-0.1, -0.05) is 24.9 Å². The third-order valence-electron chi connectivity index (χ3n) is 4.61. The normalized spacial score (nSPS) is 27.2. The maximum Gasteiger partial charge on any atom is 0.270 e. The van der Waals surface area contributed by atoms with Crippen LogP contribution >= 0.6 is 11.6 Å². The van der Waals surface area contributed by atoms with Crippen molar-refractivity contribution in [3.05, 3.63) is 23.0 Å². The van der Waals surface area contributed by atoms with Crippen molar-refractivity contribution < 1.29 is 9.53 Å². The van der Waals surface area contributed by atoms with E-state index in [1.54, 1.807) is 12.3 Å². The van der Waals surface area contributed by atoms with Crippen molar-refractivity contribution in [3.8, 4) is 0 Å². The Hall–Kier alpha value is -1.04. The number of hydrogen-bond acceptors (Lipinski definition) is 3. The fraction of sp³-hybridized carbons (Fsp3) is 0.667. The summed E-state index contributed by atoms with van der Waals surface area (Å²) in [4.78, 5) is 19.9. The van der Waals surface area contributed by atoms with Gasteiger partial charge in [-0.05, 0) is 12.0 Å². The van der Waals surface area contributed by atoms with E-state index in [2.05, 4.69) is 16.8 Å². The summed E-state index contributed by atoms with van der Waals surface area (Å²) in [6.07, 6.45) is 2.75. The number of aromatic nitrogens is 1. The minimum atomic E-state index is 0.0520. The summed E-state index contributed by atoms with van der Waals surface area (Å²) < 4.78 is 5.43. The van der Waals surface area contributed by atoms with Crippen LogP contribution < -0.4 is 0 Å². The highest BCUT2D eigenvalue weighted by atomic mass is 35.5. The number of H-pyrrole nitrogens is 1. The van der Waals surface area contributed by atoms with E-state index >= 15 is 0 Å². The zero-order valence-corrected chi connectivity index (χ0v) is 13.1. The van der Waals surface area contributed by atoms with E-state index in [1.165, 1.54) is 0 Å². The average Bonchev–Trinajstić information content (AvgIpc) is 3.13. The highest BCUT2D eigenvalue weighted by molar-refractivity contribution is 6.30. The topological polar surface area (TPSA) is 48.6 Å². The molecule has 3 heterocycles. The molecule has 1 amide bonds. The van der Waals surface area contributed by atoms with Gasteiger partial charge in [-0.25, -0.2) is 0 Å². The fourth-order valence-electron chi connectivity index (χ4n) is 3.41. The number of hydrogen-bond donors (Lipinski definition) is 1. The van der Waals surface area contributed by atoms with Gasteiger partial charge in [0.2, 0.25) is 0 Å². The molecule has 2 saturated heterocycles. The molecule has 2 aliphatic rings. The van der Waals surface area contributed by atoms with Gasteiger partial charge in [0.1, 0.15) is 5.69 Å². The van der Waals surface area contributed by atoms with Crippen molar-refractivity contribution in [1.82, 2.24) is 14.8 Å². The van der Waals surface area contributed by atoms with Crippen LogP contribution in [-0.2, 0) is 4.74 Å². The molecule has 0 bridgehead atoms. The number of halogens is 1. The minimum absolute atomic E-state index is 0.0520. The Morgan fingerprint density at radius 2 is 2.19 bits per heavy atom. The molecule has 116 valence electrons. The molecule has 0 unspecified atom stereocenters. The molecule has 0 aliphatic carbocycles. The van der Waals surface area contributed by atoms with E-state index in [4.69, 9.17) is 16.3 Å². The van der Waals surface area contributed by atoms with Crippen molar-refractivity contribution in [2.24, 2.45) is 5.92 Å². The molecule has 2 fully saturated rings. The van der Waals surface area contributed by atoms with Gasteiger partial charge in [0.25, 0.3) is 5.91 Å². The lowest BCUT2D eigenvalue weighted by atomic mass is 9.99. The number of carbonyl (C=O) groups excluding carboxylic acids is 1. The second-order valence-corrected chi connectivity index (χ2v) is 6.26. The number of rotatable bonds is 3. The number of likely N-dealkylation sites (tertiary alicyclic amines) is 1. The Labute approximate surface area is 130 Å². The van der Waals surface area contributed by atoms with Gasteiger partial charge in [-0.2, -0.15) is 0 Å². The van der Waals surface area contributed by atoms with Crippen molar-refractivity contribution in [2.45, 2.75) is 19.4 Å². The van der Waals surface area contributed by atoms with Gasteiger partial charge in [0.15, 0.2) is 0 Å². The molecule has 1 aromatic rings. The molecule has 3 rings (SSSR count). The molecular formula is C15H22ClN3O2. The summed E-state index contributed by atoms with van der Waals surface area (Å²) in [5.74, 6) is 0.591. The highest BCUT2D eigenvalue weighted by Crippen LogP contribution is 2.27. The van der Waals surface area contributed by atoms with Gasteiger partial charge < -0.3 is 14.6 Å². The van der Waals surface area contributed by atoms with Crippen LogP contribution in [-0.4, -0.2) is 66.1 Å². The van der Waals surface area contributed by atoms with E-state index in [9.17, 15) is 4.79 Å². The van der Waals surface area contributed by atoms with Gasteiger partial charge in [0.05, 0.1) is 18.2 Å². The molecule has 2 atom stereocenters. The number of aromatic amines is 1. The Bertz CT molecular complexity index is 499. The lowest BCUT2D eigenvalue weighted by Gasteiger charge is -2.34. The van der Waals surface area contributed by atoms with Gasteiger partial charge >= 0.3 is 0 Å². The molecule has 0 aromatic carbocycles. The smallest absolute Gasteiger partial charge is 0.270 e. The molecule has 21 heavy (non-hydrogen) atoms. The Morgan fingerprint density at radius 1 is 1.43 bits per heavy atom. The van der Waals surface area contributed by atoms with E-state index in [0.29, 0.717) is 22.7 Å². The standard InChI is InChI=1S/C15H22ClN3O2/c1-2-11-9-19(15(20)13-7-12(16)8-17-13)10-14(11)18-3-5-21-6-4-18/h7-8,11,14,17H,2-6,9-10H2,1H3/t11-,14-/m1/s1. The van der Waals surface area contributed by atoms with Crippen LogP contribution in [0.1, 0.15) is 23.8 Å². The second kappa shape index (κ2) is 6.38. The molecule has 5 nitrogen and oxygen atoms in total. The molecule has 1 N–H and O–H groups in total. The first kappa shape index (κ1) is 14.9. The number of carbonyl (C=O) groups is 1. The summed E-state index contributed by atoms with van der Waals surface area (Å²) in [5.41, 5.74) is 0.581. The zero-order chi connectivity index (χ0) is 14.8. The van der Waals surface area contributed by atoms with Crippen molar-refractivity contribution in [1.29, 1.82) is 0 Å². The number of ether oxygens (including phenoxy) is 1. The predicted octanol–water partition coefficient (Wildman–Crippen LogP) is 1.85. The Morgan fingerprint density at radius 3 is 2.81 bits per heavy atom. The lowest BCUT2D eigenvalue weighted by molar-refractivity contribution is 0.0102. The van der Waals surface area contributed by atoms with Crippen LogP contribution in [0.4, 0.5) is 0 Å². The molecule has 2 aliphatic heterocycles. The van der Waals surface area contributed by atoms with Gasteiger partial charge in [0, 0.05) is 38.4 Å². The first-order valence-corrected chi connectivity index (χ1v) is 8.02. The molecule has 0 spiro atoms. The van der Waals surface area contributed by atoms with Crippen LogP contribution in [0.25, 0.3) is 0 Å². The van der Waals surface area contributed by atoms with Crippen LogP contribution in [0.3, 0.4) is 0 Å². The molecule has 0 saturated carbocycles. The van der Waals surface area contributed by atoms with Crippen LogP contribution in [0, 0.1) is 5.92 Å². The number of nitrogens with one attached hydrogen (secondary N) is 1. The maximum atomic E-state index is 12.5. The predicted molar refractivity (Wildman–Crippen MR) is 81.7 cm³/mol. The van der Waals surface area contributed by atoms with Crippen LogP contribution in [0.15, 0.2) is 12.3 Å². The van der Waals surface area contributed by atoms with E-state index in [0.717, 1.165) is 45.8 Å². The van der Waals surface area contributed by atoms with Crippen molar-refractivity contribution in [2.75, 3.05) is 39.4 Å². The van der Waals surface area contributed by atoms with E-state index < -0.39 is 0 Å². The first-order valence-electron chi connectivity index (χ1n) is 7.64. The maximum absolute atomic E-state index is 12.5. The number of amides is 1. The monoisotopic (exact) mass is 311 g/mol. The largest absolute Gasteiger partial charge is 0.379 e. The van der Waals surface area contributed by atoms with E-state index in [1.807, 2.05) is 4.90 Å². The molecule has 6 heteroatoms. The summed E-state index contributed by atoms with van der Waals surface area (Å²) >= 11 is 5.89. The summed E-state index contributed by atoms with van der Waals surface area (Å²) in [6.45, 7) is 7.37. The Balaban J connectivity index is 1.69. The molecular weight excluding hydrogens is 290 g/mol. The Kier molecular flexibility index (Phi) is 4.52. The summed E-state index contributed by atoms with van der Waals surface area (Å²) in [5, 5.41) is 0.578. The van der Waals surface area contributed by atoms with Crippen molar-refractivity contribution >= 4 is 17.5 Å². The van der Waals surface area contributed by atoms with Crippen LogP contribution in [0.2, 0.25) is 5.02 Å². The summed E-state index contributed by atoms with van der Waals surface area (Å²) in [7, 11) is 0. The zero-order valence-electron chi connectivity index (χ0n) is 12.3. The number of morpholine rings is 1. The van der Waals surface area contributed by atoms with E-state index in [-0.39, 0.29) is 5.91 Å². The highest BCUT2D eigenvalue weighted by Gasteiger charge is 2.38. The average molecular weight is 312 g/mol. The van der Waals surface area contributed by atoms with Crippen molar-refractivity contribution in [3.63, 3.8) is 0 Å². The summed E-state index contributed by atoms with van der Waals surface area (Å²) in [6, 6.07) is 2.15. The molecule has 0 radical (unpaired) electrons. The third kappa shape index (κ3) is 3.10. The first-order chi connectivity index (χ1) is 10.2. The minimum Gasteiger partial charge on any atom is -0.379 e. The van der Waals surface area contributed by atoms with Gasteiger partial charge in [-0.15, -0.1) is 0 Å². The fourth-order valence-corrected chi connectivity index (χ4v) is 3.57. The van der Waals surface area contributed by atoms with Gasteiger partial charge in [-0.3, -0.25) is 9.69 Å². The quantitative estimate of drug-likeness (QED) is 0.927.